The number of thiophene rings is 1. The van der Waals surface area contributed by atoms with E-state index in [1.165, 1.54) is 22.2 Å². The monoisotopic (exact) mass is 391 g/mol. The maximum atomic E-state index is 13.1. The number of hydrogen-bond acceptors (Lipinski definition) is 4. The minimum Gasteiger partial charge on any atom is -0.342 e. The van der Waals surface area contributed by atoms with Gasteiger partial charge in [0.2, 0.25) is 5.91 Å². The van der Waals surface area contributed by atoms with Gasteiger partial charge in [-0.25, -0.2) is 4.98 Å². The summed E-state index contributed by atoms with van der Waals surface area (Å²) in [5.41, 5.74) is 1.68. The molecule has 4 aromatic rings. The number of carbonyl (C=O) groups is 1. The minimum absolute atomic E-state index is 0.0104. The van der Waals surface area contributed by atoms with Crippen LogP contribution in [0.4, 0.5) is 0 Å². The van der Waals surface area contributed by atoms with Crippen molar-refractivity contribution in [3.8, 4) is 11.1 Å². The molecule has 0 atom stereocenters. The van der Waals surface area contributed by atoms with Gasteiger partial charge in [-0.2, -0.15) is 0 Å². The summed E-state index contributed by atoms with van der Waals surface area (Å²) in [4.78, 5) is 32.4. The average molecular weight is 391 g/mol. The lowest BCUT2D eigenvalue weighted by Crippen LogP contribution is -2.36. The molecule has 0 spiro atoms. The summed E-state index contributed by atoms with van der Waals surface area (Å²) >= 11 is 1.45. The standard InChI is InChI=1S/C22H21N3O2S/c1-3-24(4-2)19(26)12-25-14-23-21-20(22(25)27)18(13-28-21)17-10-9-15-7-5-6-8-16(15)11-17/h5-11,13-14H,3-4,12H2,1-2H3. The molecule has 0 saturated heterocycles. The molecule has 1 amide bonds. The molecule has 4 rings (SSSR count). The fraction of sp³-hybridized carbons (Fsp3) is 0.227. The Labute approximate surface area is 166 Å². The first-order valence-electron chi connectivity index (χ1n) is 9.36. The Kier molecular flexibility index (Phi) is 4.96. The fourth-order valence-electron chi connectivity index (χ4n) is 3.47. The average Bonchev–Trinajstić information content (AvgIpc) is 3.15. The van der Waals surface area contributed by atoms with Gasteiger partial charge in [-0.05, 0) is 36.2 Å². The second-order valence-electron chi connectivity index (χ2n) is 6.64. The molecule has 0 aliphatic rings. The van der Waals surface area contributed by atoms with Gasteiger partial charge >= 0.3 is 0 Å². The molecule has 28 heavy (non-hydrogen) atoms. The largest absolute Gasteiger partial charge is 0.342 e. The summed E-state index contributed by atoms with van der Waals surface area (Å²) in [6, 6.07) is 14.3. The van der Waals surface area contributed by atoms with E-state index in [-0.39, 0.29) is 18.0 Å². The lowest BCUT2D eigenvalue weighted by atomic mass is 10.0. The summed E-state index contributed by atoms with van der Waals surface area (Å²) in [6.07, 6.45) is 1.48. The van der Waals surface area contributed by atoms with Crippen LogP contribution in [0.3, 0.4) is 0 Å². The first-order valence-corrected chi connectivity index (χ1v) is 10.2. The molecule has 2 aromatic heterocycles. The van der Waals surface area contributed by atoms with Gasteiger partial charge in [-0.1, -0.05) is 36.4 Å². The Hall–Kier alpha value is -2.99. The summed E-state index contributed by atoms with van der Waals surface area (Å²) < 4.78 is 1.42. The topological polar surface area (TPSA) is 55.2 Å². The number of hydrogen-bond donors (Lipinski definition) is 0. The van der Waals surface area contributed by atoms with Gasteiger partial charge in [0.15, 0.2) is 0 Å². The molecule has 2 heterocycles. The van der Waals surface area contributed by atoms with Crippen molar-refractivity contribution >= 4 is 38.2 Å². The van der Waals surface area contributed by atoms with E-state index < -0.39 is 0 Å². The van der Waals surface area contributed by atoms with Gasteiger partial charge in [0, 0.05) is 24.0 Å². The van der Waals surface area contributed by atoms with Crippen LogP contribution in [0.2, 0.25) is 0 Å². The Morgan fingerprint density at radius 3 is 2.61 bits per heavy atom. The third-order valence-corrected chi connectivity index (χ3v) is 5.93. The molecule has 0 saturated carbocycles. The zero-order valence-electron chi connectivity index (χ0n) is 15.9. The van der Waals surface area contributed by atoms with Crippen molar-refractivity contribution in [3.05, 3.63) is 64.5 Å². The molecule has 5 nitrogen and oxygen atoms in total. The molecule has 6 heteroatoms. The van der Waals surface area contributed by atoms with E-state index in [4.69, 9.17) is 0 Å². The molecule has 0 radical (unpaired) electrons. The highest BCUT2D eigenvalue weighted by atomic mass is 32.1. The first kappa shape index (κ1) is 18.4. The van der Waals surface area contributed by atoms with Crippen LogP contribution in [-0.2, 0) is 11.3 Å². The van der Waals surface area contributed by atoms with Crippen molar-refractivity contribution < 1.29 is 4.79 Å². The highest BCUT2D eigenvalue weighted by Gasteiger charge is 2.16. The molecule has 0 aliphatic carbocycles. The molecular weight excluding hydrogens is 370 g/mol. The molecule has 0 fully saturated rings. The van der Waals surface area contributed by atoms with E-state index >= 15 is 0 Å². The van der Waals surface area contributed by atoms with Crippen molar-refractivity contribution in [2.45, 2.75) is 20.4 Å². The first-order chi connectivity index (χ1) is 13.6. The van der Waals surface area contributed by atoms with Crippen molar-refractivity contribution in [1.29, 1.82) is 0 Å². The van der Waals surface area contributed by atoms with Gasteiger partial charge in [-0.3, -0.25) is 14.2 Å². The number of likely N-dealkylation sites (N-methyl/N-ethyl adjacent to an activating group) is 1. The van der Waals surface area contributed by atoms with Crippen molar-refractivity contribution in [2.75, 3.05) is 13.1 Å². The molecular formula is C22H21N3O2S. The summed E-state index contributed by atoms with van der Waals surface area (Å²) in [5.74, 6) is -0.0734. The van der Waals surface area contributed by atoms with Crippen LogP contribution in [-0.4, -0.2) is 33.4 Å². The van der Waals surface area contributed by atoms with Gasteiger partial charge in [0.1, 0.15) is 11.4 Å². The van der Waals surface area contributed by atoms with E-state index in [1.54, 1.807) is 4.90 Å². The molecule has 0 aliphatic heterocycles. The molecule has 142 valence electrons. The molecule has 0 N–H and O–H groups in total. The SMILES string of the molecule is CCN(CC)C(=O)Cn1cnc2scc(-c3ccc4ccccc4c3)c2c1=O. The van der Waals surface area contributed by atoms with Crippen molar-refractivity contribution in [3.63, 3.8) is 0 Å². The number of carbonyl (C=O) groups excluding carboxylic acids is 1. The maximum Gasteiger partial charge on any atom is 0.263 e. The summed E-state index contributed by atoms with van der Waals surface area (Å²) in [7, 11) is 0. The number of rotatable bonds is 5. The third-order valence-electron chi connectivity index (χ3n) is 5.04. The quantitative estimate of drug-likeness (QED) is 0.514. The normalized spacial score (nSPS) is 11.2. The number of amides is 1. The zero-order chi connectivity index (χ0) is 19.7. The predicted molar refractivity (Wildman–Crippen MR) is 115 cm³/mol. The Morgan fingerprint density at radius 2 is 1.86 bits per heavy atom. The van der Waals surface area contributed by atoms with Crippen molar-refractivity contribution in [2.24, 2.45) is 0 Å². The van der Waals surface area contributed by atoms with Gasteiger partial charge in [-0.15, -0.1) is 11.3 Å². The number of benzene rings is 2. The summed E-state index contributed by atoms with van der Waals surface area (Å²) in [6.45, 7) is 5.13. The van der Waals surface area contributed by atoms with Crippen molar-refractivity contribution in [1.82, 2.24) is 14.5 Å². The predicted octanol–water partition coefficient (Wildman–Crippen LogP) is 4.15. The Balaban J connectivity index is 1.80. The zero-order valence-corrected chi connectivity index (χ0v) is 16.7. The van der Waals surface area contributed by atoms with E-state index in [9.17, 15) is 9.59 Å². The lowest BCUT2D eigenvalue weighted by Gasteiger charge is -2.18. The highest BCUT2D eigenvalue weighted by Crippen LogP contribution is 2.32. The lowest BCUT2D eigenvalue weighted by molar-refractivity contribution is -0.131. The number of nitrogens with zero attached hydrogens (tertiary/aromatic N) is 3. The summed E-state index contributed by atoms with van der Waals surface area (Å²) in [5, 5.41) is 4.83. The minimum atomic E-state index is -0.171. The van der Waals surface area contributed by atoms with E-state index in [0.29, 0.717) is 23.3 Å². The van der Waals surface area contributed by atoms with Crippen LogP contribution < -0.4 is 5.56 Å². The van der Waals surface area contributed by atoms with E-state index in [0.717, 1.165) is 21.9 Å². The van der Waals surface area contributed by atoms with Crippen LogP contribution in [0.5, 0.6) is 0 Å². The molecule has 0 unspecified atom stereocenters. The Bertz CT molecular complexity index is 1220. The van der Waals surface area contributed by atoms with Crippen LogP contribution in [0.1, 0.15) is 13.8 Å². The van der Waals surface area contributed by atoms with Crippen LogP contribution in [0.25, 0.3) is 32.1 Å². The second kappa shape index (κ2) is 7.56. The maximum absolute atomic E-state index is 13.1. The van der Waals surface area contributed by atoms with Gasteiger partial charge < -0.3 is 4.90 Å². The van der Waals surface area contributed by atoms with Gasteiger partial charge in [0.25, 0.3) is 5.56 Å². The second-order valence-corrected chi connectivity index (χ2v) is 7.49. The van der Waals surface area contributed by atoms with Crippen LogP contribution in [0, 0.1) is 0 Å². The Morgan fingerprint density at radius 1 is 1.11 bits per heavy atom. The van der Waals surface area contributed by atoms with Crippen LogP contribution >= 0.6 is 11.3 Å². The molecule has 2 aromatic carbocycles. The smallest absolute Gasteiger partial charge is 0.263 e. The van der Waals surface area contributed by atoms with Gasteiger partial charge in [0.05, 0.1) is 11.7 Å². The number of fused-ring (bicyclic) bond motifs is 2. The fourth-order valence-corrected chi connectivity index (χ4v) is 4.38. The van der Waals surface area contributed by atoms with Crippen LogP contribution in [0.15, 0.2) is 59.0 Å². The third kappa shape index (κ3) is 3.20. The number of aromatic nitrogens is 2. The molecule has 0 bridgehead atoms. The van der Waals surface area contributed by atoms with E-state index in [2.05, 4.69) is 29.2 Å². The highest BCUT2D eigenvalue weighted by molar-refractivity contribution is 7.17. The van der Waals surface area contributed by atoms with E-state index in [1.807, 2.05) is 37.4 Å².